The number of aliphatic imine (C=N–C) groups is 1. The van der Waals surface area contributed by atoms with Gasteiger partial charge in [-0.2, -0.15) is 0 Å². The molecule has 1 aliphatic heterocycles. The van der Waals surface area contributed by atoms with Gasteiger partial charge in [0.15, 0.2) is 0 Å². The van der Waals surface area contributed by atoms with E-state index in [9.17, 15) is 8.42 Å². The predicted molar refractivity (Wildman–Crippen MR) is 80.8 cm³/mol. The van der Waals surface area contributed by atoms with E-state index in [-0.39, 0.29) is 12.3 Å². The van der Waals surface area contributed by atoms with Crippen molar-refractivity contribution in [2.45, 2.75) is 0 Å². The third kappa shape index (κ3) is 2.58. The molecule has 20 heavy (non-hydrogen) atoms. The zero-order chi connectivity index (χ0) is 14.0. The molecule has 0 spiro atoms. The highest BCUT2D eigenvalue weighted by molar-refractivity contribution is 7.92. The lowest BCUT2D eigenvalue weighted by atomic mass is 10.0. The maximum Gasteiger partial charge on any atom is 0.234 e. The van der Waals surface area contributed by atoms with Gasteiger partial charge in [-0.1, -0.05) is 48.5 Å². The first-order valence-electron chi connectivity index (χ1n) is 6.35. The fourth-order valence-electron chi connectivity index (χ4n) is 2.20. The Morgan fingerprint density at radius 3 is 2.45 bits per heavy atom. The Bertz CT molecular complexity index is 752. The van der Waals surface area contributed by atoms with E-state index in [4.69, 9.17) is 0 Å². The Hall–Kier alpha value is -2.14. The minimum atomic E-state index is -3.32. The monoisotopic (exact) mass is 286 g/mol. The first-order chi connectivity index (χ1) is 9.66. The summed E-state index contributed by atoms with van der Waals surface area (Å²) < 4.78 is 26.3. The van der Waals surface area contributed by atoms with Gasteiger partial charge in [-0.15, -0.1) is 0 Å². The van der Waals surface area contributed by atoms with Crippen molar-refractivity contribution in [3.63, 3.8) is 0 Å². The Morgan fingerprint density at radius 2 is 1.65 bits per heavy atom. The summed E-state index contributed by atoms with van der Waals surface area (Å²) in [7, 11) is -3.32. The van der Waals surface area contributed by atoms with Gasteiger partial charge < -0.3 is 0 Å². The number of anilines is 1. The van der Waals surface area contributed by atoms with Crippen LogP contribution in [0.5, 0.6) is 0 Å². The van der Waals surface area contributed by atoms with E-state index in [1.807, 2.05) is 48.5 Å². The first kappa shape index (κ1) is 12.9. The van der Waals surface area contributed by atoms with Crippen molar-refractivity contribution >= 4 is 21.4 Å². The van der Waals surface area contributed by atoms with Crippen molar-refractivity contribution in [3.8, 4) is 0 Å². The number of para-hydroxylation sites is 1. The second-order valence-corrected chi connectivity index (χ2v) is 6.40. The summed E-state index contributed by atoms with van der Waals surface area (Å²) in [5.74, 6) is -0.00231. The van der Waals surface area contributed by atoms with Crippen LogP contribution in [0.2, 0.25) is 0 Å². The third-order valence-corrected chi connectivity index (χ3v) is 4.38. The molecule has 0 saturated heterocycles. The van der Waals surface area contributed by atoms with E-state index in [1.54, 1.807) is 6.07 Å². The number of rotatable bonds is 1. The van der Waals surface area contributed by atoms with Crippen LogP contribution in [-0.4, -0.2) is 26.4 Å². The van der Waals surface area contributed by atoms with Crippen LogP contribution in [0.4, 0.5) is 5.69 Å². The van der Waals surface area contributed by atoms with Crippen LogP contribution >= 0.6 is 0 Å². The van der Waals surface area contributed by atoms with Crippen molar-refractivity contribution in [1.82, 2.24) is 0 Å². The molecule has 0 fully saturated rings. The number of hydrogen-bond acceptors (Lipinski definition) is 3. The van der Waals surface area contributed by atoms with E-state index in [0.29, 0.717) is 5.69 Å². The molecule has 0 bridgehead atoms. The van der Waals surface area contributed by atoms with Gasteiger partial charge in [-0.3, -0.25) is 9.71 Å². The topological polar surface area (TPSA) is 58.5 Å². The van der Waals surface area contributed by atoms with Gasteiger partial charge in [0, 0.05) is 11.1 Å². The lowest BCUT2D eigenvalue weighted by molar-refractivity contribution is 0.601. The molecule has 0 radical (unpaired) electrons. The fraction of sp³-hybridized carbons (Fsp3) is 0.133. The Labute approximate surface area is 118 Å². The van der Waals surface area contributed by atoms with E-state index >= 15 is 0 Å². The molecule has 102 valence electrons. The number of fused-ring (bicyclic) bond motifs is 1. The molecule has 2 aromatic carbocycles. The van der Waals surface area contributed by atoms with E-state index < -0.39 is 10.0 Å². The highest BCUT2D eigenvalue weighted by Gasteiger charge is 2.19. The highest BCUT2D eigenvalue weighted by Crippen LogP contribution is 2.22. The van der Waals surface area contributed by atoms with Crippen LogP contribution in [0.3, 0.4) is 0 Å². The number of hydrogen-bond donors (Lipinski definition) is 1. The van der Waals surface area contributed by atoms with Crippen LogP contribution < -0.4 is 4.72 Å². The van der Waals surface area contributed by atoms with Crippen molar-refractivity contribution in [2.24, 2.45) is 4.99 Å². The summed E-state index contributed by atoms with van der Waals surface area (Å²) in [6.45, 7) is 0.258. The summed E-state index contributed by atoms with van der Waals surface area (Å²) in [5, 5.41) is 0. The van der Waals surface area contributed by atoms with Gasteiger partial charge in [0.05, 0.1) is 23.7 Å². The molecule has 1 heterocycles. The molecule has 1 N–H and O–H groups in total. The molecule has 0 aromatic heterocycles. The van der Waals surface area contributed by atoms with Crippen molar-refractivity contribution in [1.29, 1.82) is 0 Å². The molecule has 1 aliphatic rings. The standard InChI is InChI=1S/C15H14N2O2S/c18-20(19)11-10-16-15(12-6-2-1-3-7-12)13-8-4-5-9-14(13)17-20/h1-9,17H,10-11H2. The molecular weight excluding hydrogens is 272 g/mol. The zero-order valence-electron chi connectivity index (χ0n) is 10.8. The van der Waals surface area contributed by atoms with Crippen LogP contribution in [0.15, 0.2) is 59.6 Å². The molecule has 5 heteroatoms. The van der Waals surface area contributed by atoms with Gasteiger partial charge in [-0.05, 0) is 6.07 Å². The second kappa shape index (κ2) is 5.09. The summed E-state index contributed by atoms with van der Waals surface area (Å²) >= 11 is 0. The van der Waals surface area contributed by atoms with E-state index in [2.05, 4.69) is 9.71 Å². The molecule has 3 rings (SSSR count). The number of nitrogens with zero attached hydrogens (tertiary/aromatic N) is 1. The fourth-order valence-corrected chi connectivity index (χ4v) is 3.15. The minimum Gasteiger partial charge on any atom is -0.283 e. The zero-order valence-corrected chi connectivity index (χ0v) is 11.6. The minimum absolute atomic E-state index is 0.00231. The quantitative estimate of drug-likeness (QED) is 0.874. The lowest BCUT2D eigenvalue weighted by Gasteiger charge is -2.17. The summed E-state index contributed by atoms with van der Waals surface area (Å²) in [4.78, 5) is 4.49. The molecule has 2 aromatic rings. The summed E-state index contributed by atoms with van der Waals surface area (Å²) in [6.07, 6.45) is 0. The average Bonchev–Trinajstić information content (AvgIpc) is 2.43. The van der Waals surface area contributed by atoms with E-state index in [1.165, 1.54) is 0 Å². The Kier molecular flexibility index (Phi) is 3.28. The average molecular weight is 286 g/mol. The van der Waals surface area contributed by atoms with Crippen LogP contribution in [0.1, 0.15) is 11.1 Å². The Balaban J connectivity index is 2.17. The van der Waals surface area contributed by atoms with Crippen molar-refractivity contribution in [3.05, 3.63) is 65.7 Å². The largest absolute Gasteiger partial charge is 0.283 e. The van der Waals surface area contributed by atoms with Gasteiger partial charge >= 0.3 is 0 Å². The van der Waals surface area contributed by atoms with Gasteiger partial charge in [0.2, 0.25) is 10.0 Å². The SMILES string of the molecule is O=S1(=O)CCN=C(c2ccccc2)c2ccccc2N1. The summed E-state index contributed by atoms with van der Waals surface area (Å²) in [6, 6.07) is 17.1. The molecule has 0 aliphatic carbocycles. The first-order valence-corrected chi connectivity index (χ1v) is 8.01. The smallest absolute Gasteiger partial charge is 0.234 e. The van der Waals surface area contributed by atoms with Crippen LogP contribution in [-0.2, 0) is 10.0 Å². The molecule has 0 amide bonds. The van der Waals surface area contributed by atoms with Crippen molar-refractivity contribution in [2.75, 3.05) is 17.0 Å². The van der Waals surface area contributed by atoms with Crippen LogP contribution in [0, 0.1) is 0 Å². The maximum absolute atomic E-state index is 11.8. The van der Waals surface area contributed by atoms with E-state index in [0.717, 1.165) is 16.8 Å². The normalized spacial score (nSPS) is 17.1. The molecule has 0 unspecified atom stereocenters. The number of sulfonamides is 1. The summed E-state index contributed by atoms with van der Waals surface area (Å²) in [5.41, 5.74) is 3.20. The molecular formula is C15H14N2O2S. The van der Waals surface area contributed by atoms with Gasteiger partial charge in [0.1, 0.15) is 0 Å². The van der Waals surface area contributed by atoms with Gasteiger partial charge in [0.25, 0.3) is 0 Å². The van der Waals surface area contributed by atoms with Gasteiger partial charge in [-0.25, -0.2) is 8.42 Å². The molecule has 0 saturated carbocycles. The molecule has 4 nitrogen and oxygen atoms in total. The Morgan fingerprint density at radius 1 is 0.950 bits per heavy atom. The maximum atomic E-state index is 11.8. The number of nitrogens with one attached hydrogen (secondary N) is 1. The molecule has 0 atom stereocenters. The van der Waals surface area contributed by atoms with Crippen LogP contribution in [0.25, 0.3) is 0 Å². The number of benzene rings is 2. The lowest BCUT2D eigenvalue weighted by Crippen LogP contribution is -2.23. The highest BCUT2D eigenvalue weighted by atomic mass is 32.2. The van der Waals surface area contributed by atoms with Crippen molar-refractivity contribution < 1.29 is 8.42 Å². The predicted octanol–water partition coefficient (Wildman–Crippen LogP) is 2.28. The second-order valence-electron chi connectivity index (χ2n) is 4.56. The third-order valence-electron chi connectivity index (χ3n) is 3.12.